The fourth-order valence-corrected chi connectivity index (χ4v) is 2.09. The van der Waals surface area contributed by atoms with Gasteiger partial charge in [0.25, 0.3) is 0 Å². The number of rotatable bonds is 3. The molecule has 1 aromatic heterocycles. The number of hydrogen-bond donors (Lipinski definition) is 1. The maximum absolute atomic E-state index is 13.8. The molecule has 0 aliphatic carbocycles. The third-order valence-electron chi connectivity index (χ3n) is 2.86. The molecule has 0 aliphatic heterocycles. The molecule has 0 atom stereocenters. The van der Waals surface area contributed by atoms with Crippen LogP contribution in [-0.2, 0) is 18.3 Å². The number of carboxylic acid groups (broad SMARTS) is 1. The van der Waals surface area contributed by atoms with Crippen molar-refractivity contribution in [3.8, 4) is 11.1 Å². The minimum absolute atomic E-state index is 0.0295. The number of benzene rings is 1. The summed E-state index contributed by atoms with van der Waals surface area (Å²) in [7, 11) is 1.58. The van der Waals surface area contributed by atoms with E-state index in [0.29, 0.717) is 17.0 Å². The number of aliphatic carboxylic acids is 1. The van der Waals surface area contributed by atoms with Gasteiger partial charge in [0.05, 0.1) is 17.8 Å². The lowest BCUT2D eigenvalue weighted by Crippen LogP contribution is -2.07. The molecule has 0 radical (unpaired) electrons. The van der Waals surface area contributed by atoms with Gasteiger partial charge in [-0.25, -0.2) is 8.78 Å². The van der Waals surface area contributed by atoms with Gasteiger partial charge in [0.15, 0.2) is 0 Å². The van der Waals surface area contributed by atoms with E-state index in [1.165, 1.54) is 4.68 Å². The summed E-state index contributed by atoms with van der Waals surface area (Å²) in [6.07, 6.45) is -0.303. The first-order chi connectivity index (χ1) is 8.90. The Morgan fingerprint density at radius 1 is 1.42 bits per heavy atom. The molecule has 6 heteroatoms. The number of hydrogen-bond acceptors (Lipinski definition) is 2. The van der Waals surface area contributed by atoms with E-state index in [1.807, 2.05) is 0 Å². The predicted octanol–water partition coefficient (Wildman–Crippen LogP) is 2.30. The fourth-order valence-electron chi connectivity index (χ4n) is 2.09. The van der Waals surface area contributed by atoms with E-state index in [9.17, 15) is 13.6 Å². The molecule has 4 nitrogen and oxygen atoms in total. The number of nitrogens with zero attached hydrogens (tertiary/aromatic N) is 2. The zero-order valence-electron chi connectivity index (χ0n) is 10.4. The van der Waals surface area contributed by atoms with E-state index in [0.717, 1.165) is 18.2 Å². The third-order valence-corrected chi connectivity index (χ3v) is 2.86. The normalized spacial score (nSPS) is 10.7. The van der Waals surface area contributed by atoms with Crippen LogP contribution in [0.4, 0.5) is 8.78 Å². The first kappa shape index (κ1) is 13.2. The van der Waals surface area contributed by atoms with Gasteiger partial charge in [0, 0.05) is 18.2 Å². The van der Waals surface area contributed by atoms with Crippen LogP contribution in [0.5, 0.6) is 0 Å². The Kier molecular flexibility index (Phi) is 3.33. The van der Waals surface area contributed by atoms with Crippen LogP contribution in [-0.4, -0.2) is 20.9 Å². The molecule has 0 saturated carbocycles. The van der Waals surface area contributed by atoms with Crippen molar-refractivity contribution >= 4 is 5.97 Å². The van der Waals surface area contributed by atoms with Crippen molar-refractivity contribution in [1.29, 1.82) is 0 Å². The number of halogens is 2. The smallest absolute Gasteiger partial charge is 0.309 e. The Morgan fingerprint density at radius 2 is 2.11 bits per heavy atom. The molecule has 0 amide bonds. The summed E-state index contributed by atoms with van der Waals surface area (Å²) >= 11 is 0. The first-order valence-corrected chi connectivity index (χ1v) is 5.60. The summed E-state index contributed by atoms with van der Waals surface area (Å²) in [6.45, 7) is 1.63. The summed E-state index contributed by atoms with van der Waals surface area (Å²) in [4.78, 5) is 10.9. The minimum atomic E-state index is -1.05. The molecule has 1 heterocycles. The van der Waals surface area contributed by atoms with E-state index in [2.05, 4.69) is 5.10 Å². The van der Waals surface area contributed by atoms with Crippen molar-refractivity contribution in [2.45, 2.75) is 13.3 Å². The molecule has 1 N–H and O–H groups in total. The molecule has 0 bridgehead atoms. The summed E-state index contributed by atoms with van der Waals surface area (Å²) < 4.78 is 28.4. The van der Waals surface area contributed by atoms with Gasteiger partial charge < -0.3 is 5.11 Å². The molecule has 2 aromatic rings. The fraction of sp³-hybridized carbons (Fsp3) is 0.231. The zero-order chi connectivity index (χ0) is 14.2. The summed E-state index contributed by atoms with van der Waals surface area (Å²) in [6, 6.07) is 3.08. The molecular weight excluding hydrogens is 254 g/mol. The second-order valence-corrected chi connectivity index (χ2v) is 4.23. The molecule has 0 spiro atoms. The second kappa shape index (κ2) is 4.79. The number of aryl methyl sites for hydroxylation is 2. The molecule has 0 saturated heterocycles. The molecule has 100 valence electrons. The maximum Gasteiger partial charge on any atom is 0.309 e. The Balaban J connectivity index is 2.67. The third kappa shape index (κ3) is 2.47. The molecule has 2 rings (SSSR count). The molecule has 1 aromatic carbocycles. The van der Waals surface area contributed by atoms with Crippen LogP contribution in [0.25, 0.3) is 11.1 Å². The first-order valence-electron chi connectivity index (χ1n) is 5.60. The van der Waals surface area contributed by atoms with Crippen molar-refractivity contribution in [2.24, 2.45) is 7.05 Å². The summed E-state index contributed by atoms with van der Waals surface area (Å²) in [5.41, 5.74) is 1.17. The highest BCUT2D eigenvalue weighted by Crippen LogP contribution is 2.30. The number of carbonyl (C=O) groups is 1. The highest BCUT2D eigenvalue weighted by molar-refractivity contribution is 5.77. The largest absolute Gasteiger partial charge is 0.481 e. The van der Waals surface area contributed by atoms with Gasteiger partial charge in [0.1, 0.15) is 11.6 Å². The van der Waals surface area contributed by atoms with Gasteiger partial charge in [-0.2, -0.15) is 5.10 Å². The molecule has 19 heavy (non-hydrogen) atoms. The van der Waals surface area contributed by atoms with Gasteiger partial charge in [-0.3, -0.25) is 9.48 Å². The molecule has 0 fully saturated rings. The van der Waals surface area contributed by atoms with Crippen LogP contribution in [0.15, 0.2) is 18.2 Å². The molecule has 0 aliphatic rings. The van der Waals surface area contributed by atoms with Crippen molar-refractivity contribution < 1.29 is 18.7 Å². The van der Waals surface area contributed by atoms with Crippen LogP contribution in [0.1, 0.15) is 11.4 Å². The standard InChI is InChI=1S/C13H12F2N2O2/c1-7-13(9-5-8(14)3-4-10(9)15)11(6-12(18)19)17(2)16-7/h3-5H,6H2,1-2H3,(H,18,19). The number of carboxylic acids is 1. The zero-order valence-corrected chi connectivity index (χ0v) is 10.4. The van der Waals surface area contributed by atoms with Gasteiger partial charge in [0.2, 0.25) is 0 Å². The minimum Gasteiger partial charge on any atom is -0.481 e. The lowest BCUT2D eigenvalue weighted by atomic mass is 10.0. The quantitative estimate of drug-likeness (QED) is 0.927. The second-order valence-electron chi connectivity index (χ2n) is 4.23. The van der Waals surface area contributed by atoms with Crippen molar-refractivity contribution in [3.05, 3.63) is 41.2 Å². The van der Waals surface area contributed by atoms with Crippen LogP contribution >= 0.6 is 0 Å². The molecule has 0 unspecified atom stereocenters. The average Bonchev–Trinajstić information content (AvgIpc) is 2.57. The van der Waals surface area contributed by atoms with E-state index >= 15 is 0 Å². The van der Waals surface area contributed by atoms with Crippen molar-refractivity contribution in [2.75, 3.05) is 0 Å². The Labute approximate surface area is 108 Å². The Hall–Kier alpha value is -2.24. The van der Waals surface area contributed by atoms with Gasteiger partial charge in [-0.1, -0.05) is 0 Å². The highest BCUT2D eigenvalue weighted by atomic mass is 19.1. The van der Waals surface area contributed by atoms with E-state index in [4.69, 9.17) is 5.11 Å². The van der Waals surface area contributed by atoms with Crippen LogP contribution in [0, 0.1) is 18.6 Å². The van der Waals surface area contributed by atoms with Gasteiger partial charge in [-0.15, -0.1) is 0 Å². The number of aromatic nitrogens is 2. The van der Waals surface area contributed by atoms with Gasteiger partial charge in [-0.05, 0) is 25.1 Å². The summed E-state index contributed by atoms with van der Waals surface area (Å²) in [5, 5.41) is 13.0. The Morgan fingerprint density at radius 3 is 2.74 bits per heavy atom. The molecular formula is C13H12F2N2O2. The summed E-state index contributed by atoms with van der Waals surface area (Å²) in [5.74, 6) is -2.24. The lowest BCUT2D eigenvalue weighted by molar-refractivity contribution is -0.136. The highest BCUT2D eigenvalue weighted by Gasteiger charge is 2.20. The average molecular weight is 266 g/mol. The topological polar surface area (TPSA) is 55.1 Å². The van der Waals surface area contributed by atoms with E-state index < -0.39 is 17.6 Å². The van der Waals surface area contributed by atoms with Crippen LogP contribution in [0.2, 0.25) is 0 Å². The van der Waals surface area contributed by atoms with Crippen molar-refractivity contribution in [3.63, 3.8) is 0 Å². The van der Waals surface area contributed by atoms with Gasteiger partial charge >= 0.3 is 5.97 Å². The van der Waals surface area contributed by atoms with E-state index in [1.54, 1.807) is 14.0 Å². The van der Waals surface area contributed by atoms with Crippen LogP contribution in [0.3, 0.4) is 0 Å². The van der Waals surface area contributed by atoms with Crippen molar-refractivity contribution in [1.82, 2.24) is 9.78 Å². The van der Waals surface area contributed by atoms with Crippen LogP contribution < -0.4 is 0 Å². The van der Waals surface area contributed by atoms with E-state index in [-0.39, 0.29) is 12.0 Å². The Bertz CT molecular complexity index is 650. The monoisotopic (exact) mass is 266 g/mol. The predicted molar refractivity (Wildman–Crippen MR) is 64.6 cm³/mol. The maximum atomic E-state index is 13.8. The SMILES string of the molecule is Cc1nn(C)c(CC(=O)O)c1-c1cc(F)ccc1F. The lowest BCUT2D eigenvalue weighted by Gasteiger charge is -2.06.